The van der Waals surface area contributed by atoms with Gasteiger partial charge in [0.25, 0.3) is 5.91 Å². The van der Waals surface area contributed by atoms with E-state index in [9.17, 15) is 9.18 Å². The quantitative estimate of drug-likeness (QED) is 0.417. The number of anilines is 1. The average Bonchev–Trinajstić information content (AvgIpc) is 3.18. The van der Waals surface area contributed by atoms with Crippen LogP contribution in [0.4, 0.5) is 10.1 Å². The third kappa shape index (κ3) is 4.21. The molecular weight excluding hydrogens is 407 g/mol. The molecule has 3 aromatic carbocycles. The molecule has 1 N–H and O–H groups in total. The van der Waals surface area contributed by atoms with E-state index in [0.717, 1.165) is 22.6 Å². The van der Waals surface area contributed by atoms with E-state index >= 15 is 0 Å². The predicted molar refractivity (Wildman–Crippen MR) is 123 cm³/mol. The number of hydrogen-bond donors (Lipinski definition) is 1. The van der Waals surface area contributed by atoms with Gasteiger partial charge >= 0.3 is 0 Å². The second kappa shape index (κ2) is 8.98. The molecule has 0 saturated carbocycles. The molecule has 1 amide bonds. The first-order valence-corrected chi connectivity index (χ1v) is 10.1. The number of nitrogens with one attached hydrogen (secondary N) is 1. The lowest BCUT2D eigenvalue weighted by Crippen LogP contribution is -2.13. The van der Waals surface area contributed by atoms with E-state index in [-0.39, 0.29) is 11.7 Å². The van der Waals surface area contributed by atoms with E-state index in [1.165, 1.54) is 24.3 Å². The number of methoxy groups -OCH3 is 2. The maximum absolute atomic E-state index is 13.2. The van der Waals surface area contributed by atoms with Crippen molar-refractivity contribution in [2.75, 3.05) is 19.5 Å². The summed E-state index contributed by atoms with van der Waals surface area (Å²) in [6.07, 6.45) is 0. The molecular formula is C26H23FN2O3. The summed E-state index contributed by atoms with van der Waals surface area (Å²) in [5.41, 5.74) is 4.39. The van der Waals surface area contributed by atoms with Gasteiger partial charge in [-0.05, 0) is 42.8 Å². The smallest absolute Gasteiger partial charge is 0.257 e. The third-order valence-corrected chi connectivity index (χ3v) is 5.26. The highest BCUT2D eigenvalue weighted by Crippen LogP contribution is 2.33. The number of aromatic nitrogens is 1. The van der Waals surface area contributed by atoms with Crippen LogP contribution in [0.5, 0.6) is 11.5 Å². The van der Waals surface area contributed by atoms with Gasteiger partial charge in [0, 0.05) is 29.6 Å². The van der Waals surface area contributed by atoms with Crippen molar-refractivity contribution in [1.82, 2.24) is 4.57 Å². The summed E-state index contributed by atoms with van der Waals surface area (Å²) in [4.78, 5) is 13.1. The molecule has 1 heterocycles. The van der Waals surface area contributed by atoms with Gasteiger partial charge in [0.1, 0.15) is 17.3 Å². The van der Waals surface area contributed by atoms with E-state index in [0.29, 0.717) is 22.7 Å². The Bertz CT molecular complexity index is 1230. The van der Waals surface area contributed by atoms with Crippen LogP contribution in [0.3, 0.4) is 0 Å². The minimum atomic E-state index is -0.358. The second-order valence-corrected chi connectivity index (χ2v) is 7.26. The lowest BCUT2D eigenvalue weighted by atomic mass is 10.1. The van der Waals surface area contributed by atoms with Crippen molar-refractivity contribution >= 4 is 11.6 Å². The lowest BCUT2D eigenvalue weighted by molar-refractivity contribution is 0.102. The fourth-order valence-corrected chi connectivity index (χ4v) is 3.64. The second-order valence-electron chi connectivity index (χ2n) is 7.26. The molecule has 0 saturated heterocycles. The molecule has 0 atom stereocenters. The van der Waals surface area contributed by atoms with Crippen molar-refractivity contribution in [2.45, 2.75) is 6.92 Å². The monoisotopic (exact) mass is 430 g/mol. The Balaban J connectivity index is 1.85. The Morgan fingerprint density at radius 3 is 2.09 bits per heavy atom. The molecule has 0 aliphatic carbocycles. The molecule has 0 fully saturated rings. The summed E-state index contributed by atoms with van der Waals surface area (Å²) in [6, 6.07) is 23.0. The standard InChI is InChI=1S/C26H23FN2O3/c1-17-24(26(30)28-20-11-9-19(27)10-12-20)16-25(18-7-5-4-6-8-18)29(17)21-13-22(31-2)15-23(14-21)32-3/h4-16H,1-3H3,(H,28,30). The zero-order chi connectivity index (χ0) is 22.7. The lowest BCUT2D eigenvalue weighted by Gasteiger charge is -2.15. The Labute approximate surface area is 186 Å². The highest BCUT2D eigenvalue weighted by molar-refractivity contribution is 6.06. The predicted octanol–water partition coefficient (Wildman–Crippen LogP) is 5.86. The first-order chi connectivity index (χ1) is 15.5. The molecule has 0 bridgehead atoms. The van der Waals surface area contributed by atoms with Crippen LogP contribution in [0, 0.1) is 12.7 Å². The van der Waals surface area contributed by atoms with Crippen LogP contribution >= 0.6 is 0 Å². The number of hydrogen-bond acceptors (Lipinski definition) is 3. The number of rotatable bonds is 6. The van der Waals surface area contributed by atoms with E-state index in [1.807, 2.05) is 60.0 Å². The Hall–Kier alpha value is -4.06. The SMILES string of the molecule is COc1cc(OC)cc(-n2c(-c3ccccc3)cc(C(=O)Nc3ccc(F)cc3)c2C)c1. The van der Waals surface area contributed by atoms with E-state index < -0.39 is 0 Å². The first kappa shape index (κ1) is 21.2. The Morgan fingerprint density at radius 1 is 0.875 bits per heavy atom. The van der Waals surface area contributed by atoms with Crippen LogP contribution in [0.2, 0.25) is 0 Å². The average molecular weight is 430 g/mol. The number of ether oxygens (including phenoxy) is 2. The van der Waals surface area contributed by atoms with Crippen molar-refractivity contribution < 1.29 is 18.7 Å². The van der Waals surface area contributed by atoms with Gasteiger partial charge in [-0.1, -0.05) is 30.3 Å². The van der Waals surface area contributed by atoms with Gasteiger partial charge in [-0.15, -0.1) is 0 Å². The summed E-state index contributed by atoms with van der Waals surface area (Å²) >= 11 is 0. The zero-order valence-corrected chi connectivity index (χ0v) is 18.1. The number of nitrogens with zero attached hydrogens (tertiary/aromatic N) is 1. The molecule has 6 heteroatoms. The van der Waals surface area contributed by atoms with Crippen LogP contribution in [0.1, 0.15) is 16.1 Å². The van der Waals surface area contributed by atoms with Gasteiger partial charge < -0.3 is 19.4 Å². The first-order valence-electron chi connectivity index (χ1n) is 10.1. The number of benzene rings is 3. The molecule has 0 radical (unpaired) electrons. The maximum atomic E-state index is 13.2. The fourth-order valence-electron chi connectivity index (χ4n) is 3.64. The summed E-state index contributed by atoms with van der Waals surface area (Å²) in [6.45, 7) is 1.89. The number of halogens is 1. The molecule has 4 aromatic rings. The van der Waals surface area contributed by atoms with E-state index in [4.69, 9.17) is 9.47 Å². The molecule has 0 unspecified atom stereocenters. The summed E-state index contributed by atoms with van der Waals surface area (Å²) < 4.78 is 26.1. The van der Waals surface area contributed by atoms with Gasteiger partial charge in [-0.3, -0.25) is 4.79 Å². The molecule has 0 aliphatic heterocycles. The van der Waals surface area contributed by atoms with Gasteiger partial charge in [0.15, 0.2) is 0 Å². The van der Waals surface area contributed by atoms with Crippen LogP contribution in [0.15, 0.2) is 78.9 Å². The van der Waals surface area contributed by atoms with Crippen LogP contribution < -0.4 is 14.8 Å². The topological polar surface area (TPSA) is 52.5 Å². The summed E-state index contributed by atoms with van der Waals surface area (Å²) in [5, 5.41) is 2.85. The molecule has 162 valence electrons. The Kier molecular flexibility index (Phi) is 5.94. The Morgan fingerprint density at radius 2 is 1.50 bits per heavy atom. The number of carbonyl (C=O) groups excluding carboxylic acids is 1. The van der Waals surface area contributed by atoms with Crippen molar-refractivity contribution in [2.24, 2.45) is 0 Å². The minimum Gasteiger partial charge on any atom is -0.497 e. The molecule has 4 rings (SSSR count). The van der Waals surface area contributed by atoms with Gasteiger partial charge in [-0.25, -0.2) is 4.39 Å². The van der Waals surface area contributed by atoms with Gasteiger partial charge in [-0.2, -0.15) is 0 Å². The summed E-state index contributed by atoms with van der Waals surface area (Å²) in [5.74, 6) is 0.649. The van der Waals surface area contributed by atoms with Crippen molar-refractivity contribution in [3.8, 4) is 28.4 Å². The van der Waals surface area contributed by atoms with E-state index in [2.05, 4.69) is 5.32 Å². The van der Waals surface area contributed by atoms with Crippen molar-refractivity contribution in [3.05, 3.63) is 95.9 Å². The molecule has 5 nitrogen and oxygen atoms in total. The maximum Gasteiger partial charge on any atom is 0.257 e. The van der Waals surface area contributed by atoms with E-state index in [1.54, 1.807) is 20.3 Å². The highest BCUT2D eigenvalue weighted by atomic mass is 19.1. The molecule has 32 heavy (non-hydrogen) atoms. The molecule has 1 aromatic heterocycles. The van der Waals surface area contributed by atoms with Crippen LogP contribution in [-0.2, 0) is 0 Å². The van der Waals surface area contributed by atoms with Gasteiger partial charge in [0.2, 0.25) is 0 Å². The molecule has 0 spiro atoms. The zero-order valence-electron chi connectivity index (χ0n) is 18.1. The normalized spacial score (nSPS) is 10.6. The number of amides is 1. The van der Waals surface area contributed by atoms with Crippen molar-refractivity contribution in [1.29, 1.82) is 0 Å². The minimum absolute atomic E-state index is 0.278. The largest absolute Gasteiger partial charge is 0.497 e. The third-order valence-electron chi connectivity index (χ3n) is 5.26. The van der Waals surface area contributed by atoms with Gasteiger partial charge in [0.05, 0.1) is 31.2 Å². The number of carbonyl (C=O) groups is 1. The molecule has 0 aliphatic rings. The summed E-state index contributed by atoms with van der Waals surface area (Å²) in [7, 11) is 3.20. The van der Waals surface area contributed by atoms with Crippen LogP contribution in [0.25, 0.3) is 16.9 Å². The highest BCUT2D eigenvalue weighted by Gasteiger charge is 2.20. The van der Waals surface area contributed by atoms with Crippen molar-refractivity contribution in [3.63, 3.8) is 0 Å². The van der Waals surface area contributed by atoms with Crippen LogP contribution in [-0.4, -0.2) is 24.7 Å². The fraction of sp³-hybridized carbons (Fsp3) is 0.115.